The molecular formula is C10H11F3N2O2. The first kappa shape index (κ1) is 13.4. The van der Waals surface area contributed by atoms with E-state index in [4.69, 9.17) is 5.73 Å². The molecule has 1 aromatic rings. The van der Waals surface area contributed by atoms with Crippen molar-refractivity contribution in [2.24, 2.45) is 5.73 Å². The third kappa shape index (κ3) is 3.70. The predicted octanol–water partition coefficient (Wildman–Crippen LogP) is 1.14. The first-order chi connectivity index (χ1) is 7.84. The van der Waals surface area contributed by atoms with Crippen LogP contribution >= 0.6 is 0 Å². The number of alkyl halides is 3. The van der Waals surface area contributed by atoms with Crippen molar-refractivity contribution < 1.29 is 22.7 Å². The summed E-state index contributed by atoms with van der Waals surface area (Å²) in [5.74, 6) is -0.678. The van der Waals surface area contributed by atoms with E-state index in [1.54, 1.807) is 0 Å². The lowest BCUT2D eigenvalue weighted by Crippen LogP contribution is -2.33. The SMILES string of the molecule is COC(=O)[C@@H](N)Cc1cncc(C(F)(F)F)c1. The van der Waals surface area contributed by atoms with E-state index in [0.29, 0.717) is 6.20 Å². The number of esters is 1. The molecule has 0 aliphatic heterocycles. The highest BCUT2D eigenvalue weighted by Crippen LogP contribution is 2.29. The van der Waals surface area contributed by atoms with Gasteiger partial charge in [-0.05, 0) is 18.1 Å². The molecule has 4 nitrogen and oxygen atoms in total. The van der Waals surface area contributed by atoms with E-state index in [2.05, 4.69) is 9.72 Å². The summed E-state index contributed by atoms with van der Waals surface area (Å²) in [5.41, 5.74) is 4.80. The van der Waals surface area contributed by atoms with Crippen LogP contribution in [0.1, 0.15) is 11.1 Å². The Kier molecular flexibility index (Phi) is 4.06. The van der Waals surface area contributed by atoms with Crippen LogP contribution in [0.4, 0.5) is 13.2 Å². The number of methoxy groups -OCH3 is 1. The second-order valence-electron chi connectivity index (χ2n) is 3.41. The number of nitrogens with zero attached hydrogens (tertiary/aromatic N) is 1. The van der Waals surface area contributed by atoms with Gasteiger partial charge in [-0.15, -0.1) is 0 Å². The summed E-state index contributed by atoms with van der Waals surface area (Å²) in [6.07, 6.45) is -2.56. The smallest absolute Gasteiger partial charge is 0.417 e. The molecule has 0 unspecified atom stereocenters. The van der Waals surface area contributed by atoms with Crippen molar-refractivity contribution in [1.29, 1.82) is 0 Å². The molecule has 7 heteroatoms. The van der Waals surface area contributed by atoms with Crippen LogP contribution in [0.5, 0.6) is 0 Å². The summed E-state index contributed by atoms with van der Waals surface area (Å²) in [4.78, 5) is 14.5. The molecule has 1 rings (SSSR count). The monoisotopic (exact) mass is 248 g/mol. The fraction of sp³-hybridized carbons (Fsp3) is 0.400. The van der Waals surface area contributed by atoms with Gasteiger partial charge in [0.1, 0.15) is 6.04 Å². The molecule has 17 heavy (non-hydrogen) atoms. The zero-order chi connectivity index (χ0) is 13.1. The maximum Gasteiger partial charge on any atom is 0.417 e. The number of hydrogen-bond donors (Lipinski definition) is 1. The lowest BCUT2D eigenvalue weighted by Gasteiger charge is -2.11. The summed E-state index contributed by atoms with van der Waals surface area (Å²) in [7, 11) is 1.16. The first-order valence-corrected chi connectivity index (χ1v) is 4.69. The standard InChI is InChI=1S/C10H11F3N2O2/c1-17-9(16)8(14)3-6-2-7(5-15-4-6)10(11,12)13/h2,4-5,8H,3,14H2,1H3/t8-/m0/s1. The van der Waals surface area contributed by atoms with Gasteiger partial charge in [-0.25, -0.2) is 0 Å². The van der Waals surface area contributed by atoms with Gasteiger partial charge in [0.25, 0.3) is 0 Å². The molecule has 1 aromatic heterocycles. The minimum absolute atomic E-state index is 0.0520. The van der Waals surface area contributed by atoms with E-state index >= 15 is 0 Å². The molecule has 0 fully saturated rings. The average molecular weight is 248 g/mol. The number of ether oxygens (including phenoxy) is 1. The predicted molar refractivity (Wildman–Crippen MR) is 52.9 cm³/mol. The van der Waals surface area contributed by atoms with Crippen LogP contribution in [0.3, 0.4) is 0 Å². The summed E-state index contributed by atoms with van der Waals surface area (Å²) in [5, 5.41) is 0. The van der Waals surface area contributed by atoms with E-state index in [0.717, 1.165) is 13.2 Å². The molecule has 2 N–H and O–H groups in total. The van der Waals surface area contributed by atoms with Crippen LogP contribution in [0, 0.1) is 0 Å². The van der Waals surface area contributed by atoms with Crippen molar-refractivity contribution in [3.63, 3.8) is 0 Å². The average Bonchev–Trinajstić information content (AvgIpc) is 2.27. The number of halogens is 3. The van der Waals surface area contributed by atoms with Gasteiger partial charge in [0.15, 0.2) is 0 Å². The van der Waals surface area contributed by atoms with Crippen molar-refractivity contribution in [2.45, 2.75) is 18.6 Å². The van der Waals surface area contributed by atoms with Gasteiger partial charge in [-0.3, -0.25) is 9.78 Å². The number of rotatable bonds is 3. The Labute approximate surface area is 95.6 Å². The van der Waals surface area contributed by atoms with Crippen LogP contribution in [-0.4, -0.2) is 24.1 Å². The zero-order valence-corrected chi connectivity index (χ0v) is 8.99. The highest BCUT2D eigenvalue weighted by Gasteiger charge is 2.31. The van der Waals surface area contributed by atoms with Crippen LogP contribution in [0.15, 0.2) is 18.5 Å². The summed E-state index contributed by atoms with van der Waals surface area (Å²) < 4.78 is 41.5. The van der Waals surface area contributed by atoms with Crippen molar-refractivity contribution in [2.75, 3.05) is 7.11 Å². The third-order valence-corrected chi connectivity index (χ3v) is 2.08. The molecular weight excluding hydrogens is 237 g/mol. The second kappa shape index (κ2) is 5.13. The summed E-state index contributed by atoms with van der Waals surface area (Å²) in [6.45, 7) is 0. The van der Waals surface area contributed by atoms with Gasteiger partial charge >= 0.3 is 12.1 Å². The summed E-state index contributed by atoms with van der Waals surface area (Å²) >= 11 is 0. The van der Waals surface area contributed by atoms with E-state index in [1.165, 1.54) is 6.20 Å². The number of carbonyl (C=O) groups is 1. The van der Waals surface area contributed by atoms with Gasteiger partial charge in [-0.1, -0.05) is 0 Å². The summed E-state index contributed by atoms with van der Waals surface area (Å²) in [6, 6.07) is -0.0826. The molecule has 1 heterocycles. The number of nitrogens with two attached hydrogens (primary N) is 1. The quantitative estimate of drug-likeness (QED) is 0.815. The Balaban J connectivity index is 2.83. The van der Waals surface area contributed by atoms with Crippen LogP contribution in [0.2, 0.25) is 0 Å². The van der Waals surface area contributed by atoms with E-state index < -0.39 is 23.8 Å². The fourth-order valence-corrected chi connectivity index (χ4v) is 1.24. The van der Waals surface area contributed by atoms with E-state index in [9.17, 15) is 18.0 Å². The maximum absolute atomic E-state index is 12.4. The molecule has 1 atom stereocenters. The Morgan fingerprint density at radius 3 is 2.71 bits per heavy atom. The van der Waals surface area contributed by atoms with Crippen molar-refractivity contribution in [3.8, 4) is 0 Å². The molecule has 0 aliphatic carbocycles. The molecule has 0 amide bonds. The molecule has 0 radical (unpaired) electrons. The Morgan fingerprint density at radius 1 is 1.53 bits per heavy atom. The van der Waals surface area contributed by atoms with Crippen molar-refractivity contribution in [1.82, 2.24) is 4.98 Å². The van der Waals surface area contributed by atoms with Gasteiger partial charge in [0.2, 0.25) is 0 Å². The van der Waals surface area contributed by atoms with Crippen LogP contribution < -0.4 is 5.73 Å². The second-order valence-corrected chi connectivity index (χ2v) is 3.41. The minimum Gasteiger partial charge on any atom is -0.468 e. The lowest BCUT2D eigenvalue weighted by molar-refractivity contribution is -0.142. The van der Waals surface area contributed by atoms with Crippen molar-refractivity contribution >= 4 is 5.97 Å². The number of carbonyl (C=O) groups excluding carboxylic acids is 1. The topological polar surface area (TPSA) is 65.2 Å². The minimum atomic E-state index is -4.46. The Bertz CT molecular complexity index is 407. The highest BCUT2D eigenvalue weighted by molar-refractivity contribution is 5.75. The largest absolute Gasteiger partial charge is 0.468 e. The van der Waals surface area contributed by atoms with Crippen LogP contribution in [-0.2, 0) is 22.1 Å². The molecule has 0 spiro atoms. The Hall–Kier alpha value is -1.63. The van der Waals surface area contributed by atoms with Gasteiger partial charge < -0.3 is 10.5 Å². The van der Waals surface area contributed by atoms with Crippen LogP contribution in [0.25, 0.3) is 0 Å². The Morgan fingerprint density at radius 2 is 2.18 bits per heavy atom. The third-order valence-electron chi connectivity index (χ3n) is 2.08. The van der Waals surface area contributed by atoms with Gasteiger partial charge in [-0.2, -0.15) is 13.2 Å². The molecule has 0 saturated carbocycles. The van der Waals surface area contributed by atoms with Gasteiger partial charge in [0.05, 0.1) is 12.7 Å². The number of hydrogen-bond acceptors (Lipinski definition) is 4. The molecule has 0 aromatic carbocycles. The highest BCUT2D eigenvalue weighted by atomic mass is 19.4. The fourth-order valence-electron chi connectivity index (χ4n) is 1.24. The molecule has 94 valence electrons. The number of aromatic nitrogens is 1. The van der Waals surface area contributed by atoms with Crippen molar-refractivity contribution in [3.05, 3.63) is 29.6 Å². The maximum atomic E-state index is 12.4. The van der Waals surface area contributed by atoms with E-state index in [1.807, 2.05) is 0 Å². The lowest BCUT2D eigenvalue weighted by atomic mass is 10.1. The normalized spacial score (nSPS) is 13.2. The first-order valence-electron chi connectivity index (χ1n) is 4.69. The molecule has 0 saturated heterocycles. The molecule has 0 aliphatic rings. The number of pyridine rings is 1. The zero-order valence-electron chi connectivity index (χ0n) is 8.99. The van der Waals surface area contributed by atoms with Gasteiger partial charge in [0, 0.05) is 12.4 Å². The molecule has 0 bridgehead atoms. The van der Waals surface area contributed by atoms with E-state index in [-0.39, 0.29) is 12.0 Å².